The molecule has 0 aromatic rings. The van der Waals surface area contributed by atoms with Gasteiger partial charge in [-0.1, -0.05) is 6.92 Å². The van der Waals surface area contributed by atoms with Crippen molar-refractivity contribution in [1.29, 1.82) is 0 Å². The molecule has 0 amide bonds. The third kappa shape index (κ3) is 18.0. The van der Waals surface area contributed by atoms with Crippen LogP contribution in [0.5, 0.6) is 0 Å². The van der Waals surface area contributed by atoms with Crippen molar-refractivity contribution in [3.8, 4) is 0 Å². The molecule has 0 aliphatic carbocycles. The van der Waals surface area contributed by atoms with Gasteiger partial charge in [-0.25, -0.2) is 0 Å². The van der Waals surface area contributed by atoms with Gasteiger partial charge >= 0.3 is 0 Å². The molecule has 2 N–H and O–H groups in total. The predicted molar refractivity (Wildman–Crippen MR) is 35.4 cm³/mol. The molecular formula is C4H11NNa2. The van der Waals surface area contributed by atoms with E-state index in [0.717, 1.165) is 6.42 Å². The maximum Gasteiger partial charge on any atom is 0.000781 e. The fraction of sp³-hybridized carbons (Fsp3) is 1.00. The SMILES string of the molecule is CCC(C)N.[Na].[Na]. The van der Waals surface area contributed by atoms with Crippen molar-refractivity contribution in [3.05, 3.63) is 0 Å². The molecule has 1 atom stereocenters. The fourth-order valence-electron chi connectivity index (χ4n) is 0. The molecule has 0 fully saturated rings. The Balaban J connectivity index is -0.0000000800. The predicted octanol–water partition coefficient (Wildman–Crippen LogP) is -0.0180. The van der Waals surface area contributed by atoms with Gasteiger partial charge in [0.25, 0.3) is 0 Å². The summed E-state index contributed by atoms with van der Waals surface area (Å²) in [7, 11) is 0. The number of hydrogen-bond donors (Lipinski definition) is 1. The Morgan fingerprint density at radius 3 is 1.57 bits per heavy atom. The van der Waals surface area contributed by atoms with Crippen molar-refractivity contribution in [1.82, 2.24) is 0 Å². The summed E-state index contributed by atoms with van der Waals surface area (Å²) in [6.07, 6.45) is 1.08. The zero-order valence-electron chi connectivity index (χ0n) is 5.86. The Kier molecular flexibility index (Phi) is 24.8. The number of rotatable bonds is 1. The van der Waals surface area contributed by atoms with Crippen LogP contribution in [0.4, 0.5) is 0 Å². The van der Waals surface area contributed by atoms with Gasteiger partial charge in [-0.15, -0.1) is 0 Å². The summed E-state index contributed by atoms with van der Waals surface area (Å²) < 4.78 is 0. The second kappa shape index (κ2) is 10.9. The van der Waals surface area contributed by atoms with E-state index in [9.17, 15) is 0 Å². The molecule has 0 saturated heterocycles. The standard InChI is InChI=1S/C4H11N.2Na/c1-3-4(2)5;;/h4H,3,5H2,1-2H3;;. The van der Waals surface area contributed by atoms with Gasteiger partial charge < -0.3 is 5.73 Å². The zero-order chi connectivity index (χ0) is 4.28. The molecule has 0 rings (SSSR count). The first kappa shape index (κ1) is 16.0. The second-order valence-electron chi connectivity index (χ2n) is 1.39. The van der Waals surface area contributed by atoms with E-state index in [4.69, 9.17) is 5.73 Å². The maximum absolute atomic E-state index is 5.29. The molecule has 0 spiro atoms. The number of hydrogen-bond acceptors (Lipinski definition) is 1. The van der Waals surface area contributed by atoms with E-state index < -0.39 is 0 Å². The van der Waals surface area contributed by atoms with E-state index in [-0.39, 0.29) is 59.1 Å². The summed E-state index contributed by atoms with van der Waals surface area (Å²) in [4.78, 5) is 0. The molecule has 1 nitrogen and oxygen atoms in total. The molecule has 2 radical (unpaired) electrons. The molecule has 0 aromatic carbocycles. The van der Waals surface area contributed by atoms with Gasteiger partial charge in [0.15, 0.2) is 0 Å². The molecule has 0 saturated carbocycles. The molecule has 34 valence electrons. The molecule has 0 aliphatic heterocycles. The van der Waals surface area contributed by atoms with Gasteiger partial charge in [-0.05, 0) is 13.3 Å². The fourth-order valence-corrected chi connectivity index (χ4v) is 0. The van der Waals surface area contributed by atoms with Crippen molar-refractivity contribution in [2.75, 3.05) is 0 Å². The summed E-state index contributed by atoms with van der Waals surface area (Å²) in [5.41, 5.74) is 5.29. The Labute approximate surface area is 90.0 Å². The first-order valence-electron chi connectivity index (χ1n) is 2.03. The minimum Gasteiger partial charge on any atom is -0.328 e. The molecular weight excluding hydrogens is 108 g/mol. The largest absolute Gasteiger partial charge is 0.328 e. The summed E-state index contributed by atoms with van der Waals surface area (Å²) in [5.74, 6) is 0. The Morgan fingerprint density at radius 2 is 1.57 bits per heavy atom. The van der Waals surface area contributed by atoms with E-state index in [0.29, 0.717) is 6.04 Å². The second-order valence-corrected chi connectivity index (χ2v) is 1.39. The van der Waals surface area contributed by atoms with Crippen LogP contribution < -0.4 is 5.73 Å². The van der Waals surface area contributed by atoms with Crippen LogP contribution in [-0.4, -0.2) is 65.2 Å². The minimum atomic E-state index is 0. The summed E-state index contributed by atoms with van der Waals surface area (Å²) in [6.45, 7) is 4.07. The van der Waals surface area contributed by atoms with Gasteiger partial charge in [0, 0.05) is 65.2 Å². The topological polar surface area (TPSA) is 26.0 Å². The van der Waals surface area contributed by atoms with E-state index >= 15 is 0 Å². The van der Waals surface area contributed by atoms with Gasteiger partial charge in [-0.3, -0.25) is 0 Å². The summed E-state index contributed by atoms with van der Waals surface area (Å²) in [6, 6.07) is 0.384. The van der Waals surface area contributed by atoms with Crippen molar-refractivity contribution < 1.29 is 0 Å². The van der Waals surface area contributed by atoms with Crippen LogP contribution in [0.25, 0.3) is 0 Å². The van der Waals surface area contributed by atoms with Crippen LogP contribution in [0.2, 0.25) is 0 Å². The number of nitrogens with two attached hydrogens (primary N) is 1. The normalized spacial score (nSPS) is 10.7. The van der Waals surface area contributed by atoms with E-state index in [1.165, 1.54) is 0 Å². The monoisotopic (exact) mass is 119 g/mol. The van der Waals surface area contributed by atoms with Gasteiger partial charge in [-0.2, -0.15) is 0 Å². The van der Waals surface area contributed by atoms with E-state index in [1.54, 1.807) is 0 Å². The van der Waals surface area contributed by atoms with Crippen LogP contribution in [0.15, 0.2) is 0 Å². The van der Waals surface area contributed by atoms with Gasteiger partial charge in [0.2, 0.25) is 0 Å². The van der Waals surface area contributed by atoms with Crippen molar-refractivity contribution in [2.24, 2.45) is 5.73 Å². The third-order valence-corrected chi connectivity index (χ3v) is 0.644. The van der Waals surface area contributed by atoms with Crippen molar-refractivity contribution in [2.45, 2.75) is 26.3 Å². The van der Waals surface area contributed by atoms with E-state index in [2.05, 4.69) is 6.92 Å². The Morgan fingerprint density at radius 1 is 1.43 bits per heavy atom. The van der Waals surface area contributed by atoms with Gasteiger partial charge in [0.05, 0.1) is 0 Å². The smallest absolute Gasteiger partial charge is 0.000781 e. The molecule has 1 unspecified atom stereocenters. The van der Waals surface area contributed by atoms with E-state index in [1.807, 2.05) is 6.92 Å². The average Bonchev–Trinajstić information content (AvgIpc) is 1.38. The third-order valence-electron chi connectivity index (χ3n) is 0.644. The first-order valence-corrected chi connectivity index (χ1v) is 2.03. The summed E-state index contributed by atoms with van der Waals surface area (Å²) >= 11 is 0. The Bertz CT molecular complexity index is 23.7. The van der Waals surface area contributed by atoms with Crippen LogP contribution in [0, 0.1) is 0 Å². The van der Waals surface area contributed by atoms with Crippen molar-refractivity contribution >= 4 is 59.1 Å². The average molecular weight is 119 g/mol. The molecule has 0 aliphatic rings. The van der Waals surface area contributed by atoms with Crippen molar-refractivity contribution in [3.63, 3.8) is 0 Å². The van der Waals surface area contributed by atoms with Crippen LogP contribution >= 0.6 is 0 Å². The molecule has 0 bridgehead atoms. The Hall–Kier alpha value is 1.96. The van der Waals surface area contributed by atoms with Crippen LogP contribution in [0.1, 0.15) is 20.3 Å². The molecule has 3 heteroatoms. The summed E-state index contributed by atoms with van der Waals surface area (Å²) in [5, 5.41) is 0. The van der Waals surface area contributed by atoms with Gasteiger partial charge in [0.1, 0.15) is 0 Å². The first-order chi connectivity index (χ1) is 2.27. The zero-order valence-corrected chi connectivity index (χ0v) is 9.86. The molecule has 0 aromatic heterocycles. The molecule has 0 heterocycles. The molecule has 7 heavy (non-hydrogen) atoms. The minimum absolute atomic E-state index is 0. The van der Waals surface area contributed by atoms with Crippen LogP contribution in [-0.2, 0) is 0 Å². The quantitative estimate of drug-likeness (QED) is 0.482. The maximum atomic E-state index is 5.29. The van der Waals surface area contributed by atoms with Crippen LogP contribution in [0.3, 0.4) is 0 Å².